The minimum absolute atomic E-state index is 0.0234. The first-order chi connectivity index (χ1) is 19.5. The lowest BCUT2D eigenvalue weighted by atomic mass is 10.0. The molecule has 210 valence electrons. The zero-order valence-electron chi connectivity index (χ0n) is 23.5. The van der Waals surface area contributed by atoms with Crippen LogP contribution in [0.5, 0.6) is 5.75 Å². The van der Waals surface area contributed by atoms with Crippen LogP contribution in [0, 0.1) is 6.92 Å². The van der Waals surface area contributed by atoms with Crippen LogP contribution in [0.1, 0.15) is 67.6 Å². The highest BCUT2D eigenvalue weighted by Gasteiger charge is 2.32. The molecule has 1 amide bonds. The molecule has 2 aromatic heterocycles. The van der Waals surface area contributed by atoms with Crippen LogP contribution in [-0.4, -0.2) is 23.8 Å². The number of hydrogen-bond donors (Lipinski definition) is 2. The van der Waals surface area contributed by atoms with Gasteiger partial charge in [0.15, 0.2) is 0 Å². The van der Waals surface area contributed by atoms with Gasteiger partial charge in [0.05, 0.1) is 19.6 Å². The molecule has 1 aliphatic rings. The summed E-state index contributed by atoms with van der Waals surface area (Å²) < 4.78 is 16.9. The van der Waals surface area contributed by atoms with Crippen LogP contribution in [0.2, 0.25) is 0 Å². The second-order valence-corrected chi connectivity index (χ2v) is 11.4. The van der Waals surface area contributed by atoms with Crippen LogP contribution in [0.25, 0.3) is 22.0 Å². The monoisotopic (exact) mass is 558 g/mol. The summed E-state index contributed by atoms with van der Waals surface area (Å²) in [5.41, 5.74) is 5.41. The topological polar surface area (TPSA) is 72.6 Å². The number of methoxy groups -OCH3 is 1. The number of fused-ring (bicyclic) bond motifs is 1. The molecule has 2 N–H and O–H groups in total. The normalized spacial score (nSPS) is 14.6. The van der Waals surface area contributed by atoms with E-state index in [0.717, 1.165) is 66.4 Å². The molecule has 4 aromatic rings. The first kappa shape index (κ1) is 27.8. The van der Waals surface area contributed by atoms with Crippen LogP contribution in [0.3, 0.4) is 0 Å². The molecule has 0 fully saturated rings. The van der Waals surface area contributed by atoms with Crippen LogP contribution in [0.15, 0.2) is 72.5 Å². The molecular formula is C33H38N2O4S. The number of benzene rings is 2. The van der Waals surface area contributed by atoms with E-state index in [9.17, 15) is 4.79 Å². The SMILES string of the molecule is CCC1(CCCCCC(NC(=O)Cc2c(C)[nH]c3ccc(OC)cc23)c2cc(-c3ccccc3)cs2)OC=CO1. The molecule has 0 bridgehead atoms. The number of rotatable bonds is 13. The first-order valence-electron chi connectivity index (χ1n) is 14.1. The third-order valence-corrected chi connectivity index (χ3v) is 8.83. The molecule has 1 unspecified atom stereocenters. The van der Waals surface area contributed by atoms with Crippen molar-refractivity contribution in [2.45, 2.75) is 70.6 Å². The average Bonchev–Trinajstić information content (AvgIpc) is 3.72. The molecule has 1 atom stereocenters. The Morgan fingerprint density at radius 1 is 1.05 bits per heavy atom. The molecule has 0 saturated heterocycles. The molecule has 0 spiro atoms. The summed E-state index contributed by atoms with van der Waals surface area (Å²) >= 11 is 1.71. The molecule has 2 aromatic carbocycles. The van der Waals surface area contributed by atoms with Crippen LogP contribution >= 0.6 is 11.3 Å². The number of carbonyl (C=O) groups is 1. The zero-order chi connectivity index (χ0) is 28.0. The van der Waals surface area contributed by atoms with Gasteiger partial charge in [0.25, 0.3) is 0 Å². The lowest BCUT2D eigenvalue weighted by molar-refractivity contribution is -0.149. The lowest BCUT2D eigenvalue weighted by Gasteiger charge is -2.26. The summed E-state index contributed by atoms with van der Waals surface area (Å²) in [6.45, 7) is 4.11. The van der Waals surface area contributed by atoms with Gasteiger partial charge in [0, 0.05) is 34.3 Å². The van der Waals surface area contributed by atoms with Crippen LogP contribution < -0.4 is 10.1 Å². The number of aromatic amines is 1. The fraction of sp³-hybridized carbons (Fsp3) is 0.364. The third kappa shape index (κ3) is 6.36. The highest BCUT2D eigenvalue weighted by Crippen LogP contribution is 2.34. The van der Waals surface area contributed by atoms with Gasteiger partial charge < -0.3 is 24.5 Å². The number of carbonyl (C=O) groups excluding carboxylic acids is 1. The maximum atomic E-state index is 13.5. The molecular weight excluding hydrogens is 520 g/mol. The number of hydrogen-bond acceptors (Lipinski definition) is 5. The van der Waals surface area contributed by atoms with Crippen molar-refractivity contribution in [1.29, 1.82) is 0 Å². The summed E-state index contributed by atoms with van der Waals surface area (Å²) in [5, 5.41) is 6.59. The molecule has 40 heavy (non-hydrogen) atoms. The Balaban J connectivity index is 1.27. The lowest BCUT2D eigenvalue weighted by Crippen LogP contribution is -2.30. The van der Waals surface area contributed by atoms with E-state index in [4.69, 9.17) is 14.2 Å². The Morgan fingerprint density at radius 3 is 2.60 bits per heavy atom. The molecule has 1 aliphatic heterocycles. The van der Waals surface area contributed by atoms with Crippen LogP contribution in [-0.2, 0) is 20.7 Å². The maximum Gasteiger partial charge on any atom is 0.249 e. The van der Waals surface area contributed by atoms with Gasteiger partial charge >= 0.3 is 0 Å². The van der Waals surface area contributed by atoms with Crippen molar-refractivity contribution in [3.05, 3.63) is 88.6 Å². The van der Waals surface area contributed by atoms with Gasteiger partial charge in [-0.15, -0.1) is 11.3 Å². The largest absolute Gasteiger partial charge is 0.497 e. The number of aryl methyl sites for hydroxylation is 1. The van der Waals surface area contributed by atoms with E-state index in [2.05, 4.69) is 52.9 Å². The summed E-state index contributed by atoms with van der Waals surface area (Å²) in [6, 6.07) is 18.5. The van der Waals surface area contributed by atoms with Crippen molar-refractivity contribution in [3.8, 4) is 16.9 Å². The number of amides is 1. The second-order valence-electron chi connectivity index (χ2n) is 10.4. The third-order valence-electron chi connectivity index (χ3n) is 7.78. The Kier molecular flexibility index (Phi) is 8.80. The van der Waals surface area contributed by atoms with E-state index in [1.165, 1.54) is 16.0 Å². The molecule has 7 heteroatoms. The molecule has 0 radical (unpaired) electrons. The van der Waals surface area contributed by atoms with Gasteiger partial charge in [-0.25, -0.2) is 0 Å². The van der Waals surface area contributed by atoms with Gasteiger partial charge in [-0.3, -0.25) is 4.79 Å². The summed E-state index contributed by atoms with van der Waals surface area (Å²) in [5.74, 6) is 0.300. The van der Waals surface area contributed by atoms with E-state index >= 15 is 0 Å². The van der Waals surface area contributed by atoms with Gasteiger partial charge in [0.1, 0.15) is 18.3 Å². The number of unbranched alkanes of at least 4 members (excludes halogenated alkanes) is 2. The Bertz CT molecular complexity index is 1450. The molecule has 6 nitrogen and oxygen atoms in total. The fourth-order valence-electron chi connectivity index (χ4n) is 5.44. The number of nitrogens with one attached hydrogen (secondary N) is 2. The molecule has 0 saturated carbocycles. The quantitative estimate of drug-likeness (QED) is 0.162. The smallest absolute Gasteiger partial charge is 0.249 e. The van der Waals surface area contributed by atoms with Gasteiger partial charge in [0.2, 0.25) is 11.7 Å². The van der Waals surface area contributed by atoms with Crippen molar-refractivity contribution in [2.24, 2.45) is 0 Å². The highest BCUT2D eigenvalue weighted by molar-refractivity contribution is 7.10. The standard InChI is InChI=1S/C33H38N2O4S/c1-4-33(38-17-18-39-33)16-10-6-9-13-30(31-19-25(22-40-31)24-11-7-5-8-12-24)35-32(36)21-27-23(2)34-29-15-14-26(37-3)20-28(27)29/h5,7-8,11-12,14-15,17-20,22,30,34H,4,6,9-10,13,16,21H2,1-3H3,(H,35,36). The Hall–Kier alpha value is -3.71. The number of thiophene rings is 1. The van der Waals surface area contributed by atoms with E-state index < -0.39 is 5.79 Å². The van der Waals surface area contributed by atoms with Crippen molar-refractivity contribution >= 4 is 28.1 Å². The average molecular weight is 559 g/mol. The summed E-state index contributed by atoms with van der Waals surface area (Å²) in [4.78, 5) is 18.1. The Labute approximate surface area is 240 Å². The number of H-pyrrole nitrogens is 1. The fourth-order valence-corrected chi connectivity index (χ4v) is 6.44. The molecule has 5 rings (SSSR count). The van der Waals surface area contributed by atoms with Crippen molar-refractivity contribution in [2.75, 3.05) is 7.11 Å². The second kappa shape index (κ2) is 12.6. The molecule has 0 aliphatic carbocycles. The van der Waals surface area contributed by atoms with E-state index in [-0.39, 0.29) is 11.9 Å². The van der Waals surface area contributed by atoms with E-state index in [1.807, 2.05) is 31.2 Å². The summed E-state index contributed by atoms with van der Waals surface area (Å²) in [7, 11) is 1.66. The van der Waals surface area contributed by atoms with Crippen LogP contribution in [0.4, 0.5) is 0 Å². The predicted octanol–water partition coefficient (Wildman–Crippen LogP) is 8.19. The minimum atomic E-state index is -0.508. The first-order valence-corrected chi connectivity index (χ1v) is 15.0. The minimum Gasteiger partial charge on any atom is -0.497 e. The van der Waals surface area contributed by atoms with Gasteiger partial charge in [-0.2, -0.15) is 0 Å². The van der Waals surface area contributed by atoms with E-state index in [1.54, 1.807) is 31.0 Å². The predicted molar refractivity (Wildman–Crippen MR) is 161 cm³/mol. The highest BCUT2D eigenvalue weighted by atomic mass is 32.1. The van der Waals surface area contributed by atoms with Crippen molar-refractivity contribution < 1.29 is 19.0 Å². The van der Waals surface area contributed by atoms with Gasteiger partial charge in [-0.1, -0.05) is 50.1 Å². The number of ether oxygens (including phenoxy) is 3. The maximum absolute atomic E-state index is 13.5. The van der Waals surface area contributed by atoms with Crippen molar-refractivity contribution in [1.82, 2.24) is 10.3 Å². The van der Waals surface area contributed by atoms with Gasteiger partial charge in [-0.05, 0) is 66.1 Å². The van der Waals surface area contributed by atoms with E-state index in [0.29, 0.717) is 6.42 Å². The van der Waals surface area contributed by atoms with Crippen molar-refractivity contribution in [3.63, 3.8) is 0 Å². The zero-order valence-corrected chi connectivity index (χ0v) is 24.3. The summed E-state index contributed by atoms with van der Waals surface area (Å²) in [6.07, 6.45) is 9.19. The number of aromatic nitrogens is 1. The Morgan fingerprint density at radius 2 is 1.85 bits per heavy atom. The molecule has 3 heterocycles.